The highest BCUT2D eigenvalue weighted by Crippen LogP contribution is 2.56. The van der Waals surface area contributed by atoms with Crippen LogP contribution in [-0.4, -0.2) is 25.4 Å². The van der Waals surface area contributed by atoms with Crippen molar-refractivity contribution >= 4 is 10.0 Å². The zero-order valence-corrected chi connectivity index (χ0v) is 13.3. The molecule has 1 fully saturated rings. The van der Waals surface area contributed by atoms with E-state index in [0.717, 1.165) is 29.8 Å². The molecule has 0 radical (unpaired) electrons. The van der Waals surface area contributed by atoms with Crippen molar-refractivity contribution in [2.24, 2.45) is 0 Å². The van der Waals surface area contributed by atoms with Crippen LogP contribution in [0.25, 0.3) is 0 Å². The lowest BCUT2D eigenvalue weighted by Gasteiger charge is -2.21. The molecule has 0 aliphatic carbocycles. The topological polar surface area (TPSA) is 37.1 Å². The second-order valence-electron chi connectivity index (χ2n) is 5.69. The molecule has 1 aliphatic heterocycles. The Morgan fingerprint density at radius 2 is 1.71 bits per heavy atom. The van der Waals surface area contributed by atoms with Crippen LogP contribution < -0.4 is 0 Å². The van der Waals surface area contributed by atoms with Crippen molar-refractivity contribution in [3.8, 4) is 0 Å². The van der Waals surface area contributed by atoms with Crippen molar-refractivity contribution in [1.29, 1.82) is 0 Å². The lowest BCUT2D eigenvalue weighted by atomic mass is 9.99. The Labute approximate surface area is 136 Å². The van der Waals surface area contributed by atoms with Gasteiger partial charge in [-0.2, -0.15) is 17.5 Å². The summed E-state index contributed by atoms with van der Waals surface area (Å²) < 4.78 is 79.8. The van der Waals surface area contributed by atoms with Gasteiger partial charge in [-0.05, 0) is 36.8 Å². The molecule has 2 atom stereocenters. The van der Waals surface area contributed by atoms with Crippen LogP contribution in [0.15, 0.2) is 53.4 Å². The average Bonchev–Trinajstić information content (AvgIpc) is 3.25. The van der Waals surface area contributed by atoms with Gasteiger partial charge in [0.05, 0.1) is 4.90 Å². The average molecular weight is 359 g/mol. The first-order chi connectivity index (χ1) is 11.1. The van der Waals surface area contributed by atoms with Crippen LogP contribution in [0.1, 0.15) is 11.1 Å². The number of alkyl halides is 3. The SMILES string of the molecule is Cc1ccc(S(=O)(=O)N2CC2(c2cccc(F)c2)C(F)(F)F)cc1. The molecule has 0 N–H and O–H groups in total. The van der Waals surface area contributed by atoms with E-state index < -0.39 is 39.7 Å². The molecule has 24 heavy (non-hydrogen) atoms. The van der Waals surface area contributed by atoms with Crippen molar-refractivity contribution in [3.05, 3.63) is 65.5 Å². The van der Waals surface area contributed by atoms with Crippen LogP contribution in [-0.2, 0) is 15.6 Å². The Hall–Kier alpha value is -1.93. The van der Waals surface area contributed by atoms with Crippen molar-refractivity contribution < 1.29 is 26.0 Å². The van der Waals surface area contributed by atoms with Gasteiger partial charge in [-0.1, -0.05) is 29.8 Å². The fraction of sp³-hybridized carbons (Fsp3) is 0.250. The normalized spacial score (nSPS) is 24.0. The molecule has 3 nitrogen and oxygen atoms in total. The number of rotatable bonds is 3. The molecule has 3 rings (SSSR count). The van der Waals surface area contributed by atoms with E-state index in [1.807, 2.05) is 0 Å². The third-order valence-electron chi connectivity index (χ3n) is 4.07. The minimum atomic E-state index is -4.86. The predicted octanol–water partition coefficient (Wildman–Crippen LogP) is 3.60. The van der Waals surface area contributed by atoms with Gasteiger partial charge in [0, 0.05) is 6.54 Å². The van der Waals surface area contributed by atoms with E-state index in [1.54, 1.807) is 6.92 Å². The van der Waals surface area contributed by atoms with Crippen LogP contribution in [0, 0.1) is 12.7 Å². The highest BCUT2D eigenvalue weighted by Gasteiger charge is 2.74. The predicted molar refractivity (Wildman–Crippen MR) is 79.2 cm³/mol. The van der Waals surface area contributed by atoms with Crippen LogP contribution >= 0.6 is 0 Å². The highest BCUT2D eigenvalue weighted by atomic mass is 32.2. The molecule has 2 aromatic carbocycles. The van der Waals surface area contributed by atoms with Crippen LogP contribution in [0.3, 0.4) is 0 Å². The molecular formula is C16H13F4NO2S. The molecule has 0 aromatic heterocycles. The van der Waals surface area contributed by atoms with Gasteiger partial charge >= 0.3 is 6.18 Å². The minimum Gasteiger partial charge on any atom is -0.207 e. The number of benzene rings is 2. The van der Waals surface area contributed by atoms with Gasteiger partial charge in [0.1, 0.15) is 5.82 Å². The highest BCUT2D eigenvalue weighted by molar-refractivity contribution is 7.89. The van der Waals surface area contributed by atoms with Crippen LogP contribution in [0.5, 0.6) is 0 Å². The maximum atomic E-state index is 13.6. The second-order valence-corrected chi connectivity index (χ2v) is 7.56. The van der Waals surface area contributed by atoms with Crippen LogP contribution in [0.4, 0.5) is 17.6 Å². The van der Waals surface area contributed by atoms with Crippen LogP contribution in [0.2, 0.25) is 0 Å². The first-order valence-electron chi connectivity index (χ1n) is 7.01. The molecule has 2 unspecified atom stereocenters. The molecule has 8 heteroatoms. The number of hydrogen-bond donors (Lipinski definition) is 0. The summed E-state index contributed by atoms with van der Waals surface area (Å²) in [6.07, 6.45) is -4.86. The van der Waals surface area contributed by atoms with E-state index in [0.29, 0.717) is 4.31 Å². The summed E-state index contributed by atoms with van der Waals surface area (Å²) >= 11 is 0. The molecule has 1 aliphatic rings. The third kappa shape index (κ3) is 2.50. The lowest BCUT2D eigenvalue weighted by Crippen LogP contribution is -2.36. The molecular weight excluding hydrogens is 346 g/mol. The van der Waals surface area contributed by atoms with Gasteiger partial charge in [0.15, 0.2) is 5.54 Å². The van der Waals surface area contributed by atoms with E-state index in [4.69, 9.17) is 0 Å². The maximum absolute atomic E-state index is 13.6. The zero-order valence-electron chi connectivity index (χ0n) is 12.5. The fourth-order valence-electron chi connectivity index (χ4n) is 2.68. The number of aryl methyl sites for hydroxylation is 1. The molecule has 0 spiro atoms. The number of sulfonamides is 1. The number of nitrogens with zero attached hydrogens (tertiary/aromatic N) is 1. The molecule has 1 saturated heterocycles. The van der Waals surface area contributed by atoms with E-state index in [9.17, 15) is 26.0 Å². The summed E-state index contributed by atoms with van der Waals surface area (Å²) in [7, 11) is -4.34. The van der Waals surface area contributed by atoms with Gasteiger partial charge < -0.3 is 0 Å². The van der Waals surface area contributed by atoms with E-state index in [-0.39, 0.29) is 4.90 Å². The van der Waals surface area contributed by atoms with E-state index in [2.05, 4.69) is 0 Å². The molecule has 128 valence electrons. The Balaban J connectivity index is 2.08. The van der Waals surface area contributed by atoms with Gasteiger partial charge in [0.2, 0.25) is 10.0 Å². The summed E-state index contributed by atoms with van der Waals surface area (Å²) in [5.74, 6) is -0.851. The first kappa shape index (κ1) is 16.9. The second kappa shape index (κ2) is 5.29. The maximum Gasteiger partial charge on any atom is 0.413 e. The monoisotopic (exact) mass is 359 g/mol. The molecule has 0 bridgehead atoms. The van der Waals surface area contributed by atoms with Gasteiger partial charge in [0.25, 0.3) is 0 Å². The molecule has 0 saturated carbocycles. The number of halogens is 4. The summed E-state index contributed by atoms with van der Waals surface area (Å²) in [5.41, 5.74) is -2.36. The van der Waals surface area contributed by atoms with Crippen molar-refractivity contribution in [3.63, 3.8) is 0 Å². The Morgan fingerprint density at radius 1 is 1.08 bits per heavy atom. The van der Waals surface area contributed by atoms with Crippen molar-refractivity contribution in [2.75, 3.05) is 6.54 Å². The summed E-state index contributed by atoms with van der Waals surface area (Å²) in [6, 6.07) is 9.48. The van der Waals surface area contributed by atoms with Gasteiger partial charge in [-0.3, -0.25) is 0 Å². The Bertz CT molecular complexity index is 878. The van der Waals surface area contributed by atoms with Crippen molar-refractivity contribution in [2.45, 2.75) is 23.5 Å². The first-order valence-corrected chi connectivity index (χ1v) is 8.45. The fourth-order valence-corrected chi connectivity index (χ4v) is 4.39. The van der Waals surface area contributed by atoms with E-state index >= 15 is 0 Å². The molecule has 0 amide bonds. The van der Waals surface area contributed by atoms with Gasteiger partial charge in [-0.25, -0.2) is 12.8 Å². The zero-order chi connectivity index (χ0) is 17.8. The lowest BCUT2D eigenvalue weighted by molar-refractivity contribution is -0.168. The third-order valence-corrected chi connectivity index (χ3v) is 5.96. The van der Waals surface area contributed by atoms with E-state index in [1.165, 1.54) is 24.3 Å². The number of hydrogen-bond acceptors (Lipinski definition) is 2. The van der Waals surface area contributed by atoms with Gasteiger partial charge in [-0.15, -0.1) is 0 Å². The summed E-state index contributed by atoms with van der Waals surface area (Å²) in [6.45, 7) is 0.969. The Morgan fingerprint density at radius 3 is 2.25 bits per heavy atom. The summed E-state index contributed by atoms with van der Waals surface area (Å²) in [5, 5.41) is 0. The smallest absolute Gasteiger partial charge is 0.207 e. The standard InChI is InChI=1S/C16H13F4NO2S/c1-11-5-7-14(8-6-11)24(22,23)21-10-15(21,16(18,19)20)12-3-2-4-13(17)9-12/h2-9H,10H2,1H3. The minimum absolute atomic E-state index is 0.226. The molecule has 1 heterocycles. The largest absolute Gasteiger partial charge is 0.413 e. The van der Waals surface area contributed by atoms with Crippen molar-refractivity contribution in [1.82, 2.24) is 4.31 Å². The summed E-state index contributed by atoms with van der Waals surface area (Å²) in [4.78, 5) is -0.226. The molecule has 2 aromatic rings. The quantitative estimate of drug-likeness (QED) is 0.620. The Kier molecular flexibility index (Phi) is 3.72.